The van der Waals surface area contributed by atoms with Gasteiger partial charge in [-0.3, -0.25) is 14.8 Å². The number of benzene rings is 1. The Labute approximate surface area is 208 Å². The molecule has 0 fully saturated rings. The van der Waals surface area contributed by atoms with Crippen molar-refractivity contribution in [1.29, 1.82) is 0 Å². The van der Waals surface area contributed by atoms with Crippen molar-refractivity contribution in [2.75, 3.05) is 11.9 Å². The highest BCUT2D eigenvalue weighted by molar-refractivity contribution is 6.10. The van der Waals surface area contributed by atoms with E-state index in [0.717, 1.165) is 56.8 Å². The number of pyridine rings is 2. The normalized spacial score (nSPS) is 15.1. The zero-order chi connectivity index (χ0) is 25.7. The van der Waals surface area contributed by atoms with Crippen molar-refractivity contribution in [2.45, 2.75) is 66.7 Å². The fourth-order valence-corrected chi connectivity index (χ4v) is 4.88. The van der Waals surface area contributed by atoms with Gasteiger partial charge in [-0.2, -0.15) is 0 Å². The zero-order valence-corrected chi connectivity index (χ0v) is 22.1. The Bertz CT molecular complexity index is 1280. The molecule has 0 bridgehead atoms. The molecule has 6 nitrogen and oxygen atoms in total. The monoisotopic (exact) mass is 472 g/mol. The second-order valence-corrected chi connectivity index (χ2v) is 8.13. The molecule has 2 atom stereocenters. The number of amides is 1. The number of anilines is 1. The molecule has 1 unspecified atom stereocenters. The van der Waals surface area contributed by atoms with E-state index < -0.39 is 0 Å². The molecule has 1 aliphatic heterocycles. The fraction of sp³-hybridized carbons (Fsp3) is 0.379. The molecule has 0 N–H and O–H groups in total. The molecule has 0 radical (unpaired) electrons. The minimum Gasteiger partial charge on any atom is -0.361 e. The van der Waals surface area contributed by atoms with Gasteiger partial charge in [0.05, 0.1) is 29.0 Å². The summed E-state index contributed by atoms with van der Waals surface area (Å²) in [6.45, 7) is 14.0. The summed E-state index contributed by atoms with van der Waals surface area (Å²) in [6.07, 6.45) is 4.43. The van der Waals surface area contributed by atoms with Gasteiger partial charge in [-0.25, -0.2) is 0 Å². The minimum absolute atomic E-state index is 0.00485. The lowest BCUT2D eigenvalue weighted by Crippen LogP contribution is -2.27. The van der Waals surface area contributed by atoms with Crippen LogP contribution in [0.25, 0.3) is 22.0 Å². The topological polar surface area (TPSA) is 72.1 Å². The number of nitrogens with zero attached hydrogens (tertiary/aromatic N) is 4. The third-order valence-electron chi connectivity index (χ3n) is 6.39. The van der Waals surface area contributed by atoms with Gasteiger partial charge in [-0.15, -0.1) is 0 Å². The van der Waals surface area contributed by atoms with Crippen LogP contribution in [-0.2, 0) is 4.79 Å². The third-order valence-corrected chi connectivity index (χ3v) is 6.39. The summed E-state index contributed by atoms with van der Waals surface area (Å²) in [7, 11) is 1.83. The van der Waals surface area contributed by atoms with E-state index in [-0.39, 0.29) is 17.7 Å². The predicted molar refractivity (Wildman–Crippen MR) is 143 cm³/mol. The van der Waals surface area contributed by atoms with Gasteiger partial charge in [0.25, 0.3) is 0 Å². The highest BCUT2D eigenvalue weighted by Gasteiger charge is 2.42. The van der Waals surface area contributed by atoms with E-state index in [9.17, 15) is 4.79 Å². The highest BCUT2D eigenvalue weighted by atomic mass is 16.5. The van der Waals surface area contributed by atoms with E-state index in [2.05, 4.69) is 35.3 Å². The SMILES string of the molecule is CC.CC.CC[C@H](c1ccccn1)C1C(=O)N(C)c2cnc3cc(-c4c(C)noc4C)ccc3c21. The standard InChI is InChI=1S/C25H24N4O2.2C2H6/c1-5-17(19-8-6-7-11-26-19)24-23-18-10-9-16(22-14(2)28-31-15(22)3)12-20(18)27-13-21(23)29(4)25(24)30;2*1-2/h6-13,17,24H,5H2,1-4H3;2*1-2H3/t17-,24?;;/m1../s1. The van der Waals surface area contributed by atoms with E-state index in [4.69, 9.17) is 9.51 Å². The summed E-state index contributed by atoms with van der Waals surface area (Å²) in [6, 6.07) is 12.1. The minimum atomic E-state index is -0.282. The molecule has 0 saturated carbocycles. The van der Waals surface area contributed by atoms with Crippen LogP contribution in [0.3, 0.4) is 0 Å². The fourth-order valence-electron chi connectivity index (χ4n) is 4.88. The van der Waals surface area contributed by atoms with E-state index in [1.807, 2.05) is 73.0 Å². The van der Waals surface area contributed by atoms with Crippen molar-refractivity contribution in [3.05, 3.63) is 71.5 Å². The van der Waals surface area contributed by atoms with Gasteiger partial charge in [-0.05, 0) is 49.6 Å². The molecule has 4 aromatic rings. The molecule has 1 amide bonds. The largest absolute Gasteiger partial charge is 0.361 e. The molecule has 35 heavy (non-hydrogen) atoms. The number of hydrogen-bond acceptors (Lipinski definition) is 5. The summed E-state index contributed by atoms with van der Waals surface area (Å²) in [4.78, 5) is 24.4. The van der Waals surface area contributed by atoms with Crippen molar-refractivity contribution in [2.24, 2.45) is 0 Å². The molecule has 0 spiro atoms. The van der Waals surface area contributed by atoms with E-state index >= 15 is 0 Å². The number of rotatable bonds is 4. The molecule has 1 aromatic carbocycles. The van der Waals surface area contributed by atoms with Crippen LogP contribution in [0.2, 0.25) is 0 Å². The average molecular weight is 473 g/mol. The van der Waals surface area contributed by atoms with Crippen LogP contribution in [-0.4, -0.2) is 28.1 Å². The molecule has 6 heteroatoms. The maximum absolute atomic E-state index is 13.4. The lowest BCUT2D eigenvalue weighted by atomic mass is 9.81. The van der Waals surface area contributed by atoms with Crippen molar-refractivity contribution in [3.63, 3.8) is 0 Å². The summed E-state index contributed by atoms with van der Waals surface area (Å²) >= 11 is 0. The van der Waals surface area contributed by atoms with Crippen LogP contribution in [0.15, 0.2) is 53.3 Å². The van der Waals surface area contributed by atoms with Crippen LogP contribution in [0.1, 0.15) is 75.6 Å². The van der Waals surface area contributed by atoms with E-state index in [0.29, 0.717) is 0 Å². The molecule has 3 aromatic heterocycles. The Kier molecular flexibility index (Phi) is 8.39. The average Bonchev–Trinajstić information content (AvgIpc) is 3.38. The zero-order valence-electron chi connectivity index (χ0n) is 22.1. The molecule has 184 valence electrons. The summed E-state index contributed by atoms with van der Waals surface area (Å²) in [5.74, 6) is 0.601. The van der Waals surface area contributed by atoms with Crippen LogP contribution in [0.4, 0.5) is 5.69 Å². The van der Waals surface area contributed by atoms with Crippen molar-refractivity contribution in [1.82, 2.24) is 15.1 Å². The molecule has 0 aliphatic carbocycles. The van der Waals surface area contributed by atoms with E-state index in [1.54, 1.807) is 11.1 Å². The smallest absolute Gasteiger partial charge is 0.235 e. The predicted octanol–water partition coefficient (Wildman–Crippen LogP) is 7.21. The van der Waals surface area contributed by atoms with Crippen LogP contribution < -0.4 is 4.90 Å². The van der Waals surface area contributed by atoms with Gasteiger partial charge in [0.1, 0.15) is 5.76 Å². The summed E-state index contributed by atoms with van der Waals surface area (Å²) in [5.41, 5.74) is 6.59. The van der Waals surface area contributed by atoms with Crippen molar-refractivity contribution in [3.8, 4) is 11.1 Å². The summed E-state index contributed by atoms with van der Waals surface area (Å²) < 4.78 is 5.35. The lowest BCUT2D eigenvalue weighted by molar-refractivity contribution is -0.119. The first-order valence-electron chi connectivity index (χ1n) is 12.6. The summed E-state index contributed by atoms with van der Waals surface area (Å²) in [5, 5.41) is 5.08. The number of carbonyl (C=O) groups excluding carboxylic acids is 1. The maximum Gasteiger partial charge on any atom is 0.235 e. The van der Waals surface area contributed by atoms with Gasteiger partial charge in [-0.1, -0.05) is 58.0 Å². The Hall–Kier alpha value is -3.54. The third kappa shape index (κ3) is 4.57. The number of aryl methyl sites for hydroxylation is 2. The molecule has 1 aliphatic rings. The quantitative estimate of drug-likeness (QED) is 0.314. The van der Waals surface area contributed by atoms with Gasteiger partial charge in [0.15, 0.2) is 0 Å². The van der Waals surface area contributed by atoms with E-state index in [1.165, 1.54) is 0 Å². The number of carbonyl (C=O) groups is 1. The lowest BCUT2D eigenvalue weighted by Gasteiger charge is -2.22. The van der Waals surface area contributed by atoms with Crippen LogP contribution >= 0.6 is 0 Å². The van der Waals surface area contributed by atoms with Gasteiger partial charge in [0.2, 0.25) is 5.91 Å². The number of likely N-dealkylation sites (N-methyl/N-ethyl adjacent to an activating group) is 1. The number of hydrogen-bond donors (Lipinski definition) is 0. The Morgan fingerprint density at radius 2 is 1.80 bits per heavy atom. The second kappa shape index (κ2) is 11.3. The first-order chi connectivity index (χ1) is 17.0. The molecule has 5 rings (SSSR count). The van der Waals surface area contributed by atoms with Crippen molar-refractivity contribution >= 4 is 22.5 Å². The first kappa shape index (κ1) is 26.1. The van der Waals surface area contributed by atoms with Crippen LogP contribution in [0.5, 0.6) is 0 Å². The van der Waals surface area contributed by atoms with Crippen molar-refractivity contribution < 1.29 is 9.32 Å². The first-order valence-corrected chi connectivity index (χ1v) is 12.6. The molecule has 4 heterocycles. The van der Waals surface area contributed by atoms with Crippen LogP contribution in [0, 0.1) is 13.8 Å². The van der Waals surface area contributed by atoms with Gasteiger partial charge in [0, 0.05) is 35.8 Å². The molecule has 0 saturated heterocycles. The Morgan fingerprint density at radius 3 is 2.40 bits per heavy atom. The maximum atomic E-state index is 13.4. The molecular weight excluding hydrogens is 436 g/mol. The number of fused-ring (bicyclic) bond motifs is 3. The van der Waals surface area contributed by atoms with Gasteiger partial charge < -0.3 is 9.42 Å². The second-order valence-electron chi connectivity index (χ2n) is 8.13. The highest BCUT2D eigenvalue weighted by Crippen LogP contribution is 2.48. The Balaban J connectivity index is 0.000000815. The van der Waals surface area contributed by atoms with Gasteiger partial charge >= 0.3 is 0 Å². The Morgan fingerprint density at radius 1 is 1.06 bits per heavy atom. The number of aromatic nitrogens is 3. The molecular formula is C29H36N4O2.